The Bertz CT molecular complexity index is 1100. The Morgan fingerprint density at radius 2 is 1.51 bits per heavy atom. The summed E-state index contributed by atoms with van der Waals surface area (Å²) in [5.74, 6) is 1.16. The average molecular weight is 570 g/mol. The number of aliphatic imine (C=N–C) groups is 2. The number of nitroso groups, excluding NO2 is 1. The molecule has 0 fully saturated rings. The predicted molar refractivity (Wildman–Crippen MR) is 169 cm³/mol. The highest BCUT2D eigenvalue weighted by atomic mass is 16.5. The lowest BCUT2D eigenvalue weighted by molar-refractivity contribution is 0.151. The Kier molecular flexibility index (Phi) is 13.7. The molecule has 0 saturated carbocycles. The van der Waals surface area contributed by atoms with Gasteiger partial charge < -0.3 is 25.2 Å². The number of phenolic OH excluding ortho intramolecular Hbond substituents is 1. The topological polar surface area (TPSA) is 117 Å². The molecule has 0 saturated heterocycles. The fourth-order valence-corrected chi connectivity index (χ4v) is 4.25. The number of phenols is 1. The quantitative estimate of drug-likeness (QED) is 0.113. The minimum Gasteiger partial charge on any atom is -0.504 e. The second-order valence-corrected chi connectivity index (χ2v) is 12.7. The minimum absolute atomic E-state index is 0.0105. The summed E-state index contributed by atoms with van der Waals surface area (Å²) in [6.07, 6.45) is 6.97. The van der Waals surface area contributed by atoms with Gasteiger partial charge in [-0.1, -0.05) is 33.8 Å². The van der Waals surface area contributed by atoms with Crippen LogP contribution in [0.15, 0.2) is 56.5 Å². The highest BCUT2D eigenvalue weighted by Gasteiger charge is 2.20. The van der Waals surface area contributed by atoms with Crippen molar-refractivity contribution in [3.05, 3.63) is 51.8 Å². The van der Waals surface area contributed by atoms with Crippen LogP contribution >= 0.6 is 0 Å². The second kappa shape index (κ2) is 16.4. The maximum Gasteiger partial charge on any atom is 0.166 e. The van der Waals surface area contributed by atoms with Gasteiger partial charge in [0.05, 0.1) is 12.2 Å². The number of benzene rings is 1. The van der Waals surface area contributed by atoms with Gasteiger partial charge in [-0.25, -0.2) is 0 Å². The molecule has 3 N–H and O–H groups in total. The number of allylic oxidation sites excluding steroid dienone is 2. The maximum atomic E-state index is 11.4. The van der Waals surface area contributed by atoms with E-state index in [0.29, 0.717) is 35.9 Å². The summed E-state index contributed by atoms with van der Waals surface area (Å²) in [4.78, 5) is 20.7. The Labute approximate surface area is 246 Å². The van der Waals surface area contributed by atoms with Crippen molar-refractivity contribution in [2.45, 2.75) is 80.4 Å². The number of aromatic hydroxyl groups is 1. The lowest BCUT2D eigenvalue weighted by Gasteiger charge is -2.25. The zero-order valence-corrected chi connectivity index (χ0v) is 26.3. The fourth-order valence-electron chi connectivity index (χ4n) is 4.25. The SMILES string of the molecule is CC(C)OC1=CCCC(/C=N/CC(C)(C)CNCCNCC(C)(C)C/N=C/c2cccc(OC(C)C)c2O)=C1N=O. The van der Waals surface area contributed by atoms with Gasteiger partial charge in [-0.3, -0.25) is 9.98 Å². The Balaban J connectivity index is 1.72. The first-order chi connectivity index (χ1) is 19.3. The molecule has 0 spiro atoms. The molecule has 0 unspecified atom stereocenters. The summed E-state index contributed by atoms with van der Waals surface area (Å²) >= 11 is 0. The molecule has 0 atom stereocenters. The summed E-state index contributed by atoms with van der Waals surface area (Å²) in [5, 5.41) is 20.7. The van der Waals surface area contributed by atoms with Crippen LogP contribution in [-0.4, -0.2) is 69.0 Å². The van der Waals surface area contributed by atoms with E-state index in [1.165, 1.54) is 0 Å². The first kappa shape index (κ1) is 34.2. The average Bonchev–Trinajstić information content (AvgIpc) is 2.87. The van der Waals surface area contributed by atoms with Crippen LogP contribution in [0.2, 0.25) is 0 Å². The molecule has 1 aromatic carbocycles. The molecule has 228 valence electrons. The van der Waals surface area contributed by atoms with Crippen LogP contribution in [0.25, 0.3) is 0 Å². The van der Waals surface area contributed by atoms with Crippen molar-refractivity contribution in [2.24, 2.45) is 26.0 Å². The molecule has 9 heteroatoms. The Hall–Kier alpha value is -3.04. The smallest absolute Gasteiger partial charge is 0.166 e. The predicted octanol–water partition coefficient (Wildman–Crippen LogP) is 6.02. The van der Waals surface area contributed by atoms with Crippen LogP contribution in [0.1, 0.15) is 73.8 Å². The van der Waals surface area contributed by atoms with E-state index in [-0.39, 0.29) is 28.8 Å². The molecule has 0 aliphatic heterocycles. The summed E-state index contributed by atoms with van der Waals surface area (Å²) in [5.41, 5.74) is 1.78. The number of rotatable bonds is 18. The van der Waals surface area contributed by atoms with E-state index < -0.39 is 0 Å². The van der Waals surface area contributed by atoms with Gasteiger partial charge in [-0.15, -0.1) is 4.91 Å². The van der Waals surface area contributed by atoms with Gasteiger partial charge in [0.1, 0.15) is 5.76 Å². The molecule has 9 nitrogen and oxygen atoms in total. The molecular weight excluding hydrogens is 518 g/mol. The van der Waals surface area contributed by atoms with Crippen molar-refractivity contribution in [3.8, 4) is 11.5 Å². The van der Waals surface area contributed by atoms with E-state index in [9.17, 15) is 10.0 Å². The molecule has 0 aromatic heterocycles. The number of nitrogens with one attached hydrogen (secondary N) is 2. The van der Waals surface area contributed by atoms with Crippen LogP contribution < -0.4 is 15.4 Å². The monoisotopic (exact) mass is 569 g/mol. The normalized spacial score (nSPS) is 14.9. The van der Waals surface area contributed by atoms with Gasteiger partial charge in [-0.2, -0.15) is 0 Å². The van der Waals surface area contributed by atoms with E-state index >= 15 is 0 Å². The number of ether oxygens (including phenoxy) is 2. The molecule has 2 rings (SSSR count). The van der Waals surface area contributed by atoms with E-state index in [2.05, 4.69) is 53.5 Å². The van der Waals surface area contributed by atoms with Crippen molar-refractivity contribution >= 4 is 12.4 Å². The van der Waals surface area contributed by atoms with Crippen molar-refractivity contribution in [1.29, 1.82) is 0 Å². The zero-order chi connectivity index (χ0) is 30.5. The van der Waals surface area contributed by atoms with Crippen LogP contribution in [0, 0.1) is 15.7 Å². The summed E-state index contributed by atoms with van der Waals surface area (Å²) < 4.78 is 11.4. The third-order valence-corrected chi connectivity index (χ3v) is 6.33. The third kappa shape index (κ3) is 12.6. The van der Waals surface area contributed by atoms with Crippen molar-refractivity contribution in [1.82, 2.24) is 10.6 Å². The highest BCUT2D eigenvalue weighted by molar-refractivity contribution is 5.84. The molecule has 1 aromatic rings. The molecule has 1 aliphatic rings. The van der Waals surface area contributed by atoms with Gasteiger partial charge in [-0.05, 0) is 74.8 Å². The summed E-state index contributed by atoms with van der Waals surface area (Å²) in [6, 6.07) is 5.45. The van der Waals surface area contributed by atoms with Gasteiger partial charge in [0, 0.05) is 62.8 Å². The molecule has 0 heterocycles. The third-order valence-electron chi connectivity index (χ3n) is 6.33. The highest BCUT2D eigenvalue weighted by Crippen LogP contribution is 2.30. The summed E-state index contributed by atoms with van der Waals surface area (Å²) in [7, 11) is 0. The van der Waals surface area contributed by atoms with Crippen LogP contribution in [-0.2, 0) is 4.74 Å². The maximum absolute atomic E-state index is 11.4. The van der Waals surface area contributed by atoms with Crippen LogP contribution in [0.3, 0.4) is 0 Å². The fraction of sp³-hybridized carbons (Fsp3) is 0.625. The standard InChI is InChI=1S/C32H51N5O4/c1-23(2)40-27-13-9-11-25(29(27)37-39)17-35-21-31(5,6)19-33-15-16-34-20-32(7,8)22-36-18-26-12-10-14-28(30(26)38)41-24(3)4/h10,12-14,17-18,23-24,33-34,38H,9,11,15-16,19-22H2,1-8H3/b35-17+,36-18+. The molecular formula is C32H51N5O4. The Morgan fingerprint density at radius 3 is 2.07 bits per heavy atom. The second-order valence-electron chi connectivity index (χ2n) is 12.7. The number of nitrogens with zero attached hydrogens (tertiary/aromatic N) is 3. The first-order valence-corrected chi connectivity index (χ1v) is 14.7. The molecule has 41 heavy (non-hydrogen) atoms. The molecule has 0 radical (unpaired) electrons. The van der Waals surface area contributed by atoms with E-state index in [1.807, 2.05) is 45.9 Å². The van der Waals surface area contributed by atoms with Crippen molar-refractivity contribution in [2.75, 3.05) is 39.3 Å². The Morgan fingerprint density at radius 1 is 0.927 bits per heavy atom. The van der Waals surface area contributed by atoms with Gasteiger partial charge in [0.25, 0.3) is 0 Å². The van der Waals surface area contributed by atoms with E-state index in [4.69, 9.17) is 9.47 Å². The zero-order valence-electron chi connectivity index (χ0n) is 26.3. The number of hydrogen-bond donors (Lipinski definition) is 3. The van der Waals surface area contributed by atoms with Crippen molar-refractivity contribution < 1.29 is 14.6 Å². The van der Waals surface area contributed by atoms with Gasteiger partial charge in [0.15, 0.2) is 17.2 Å². The van der Waals surface area contributed by atoms with E-state index in [1.54, 1.807) is 18.5 Å². The van der Waals surface area contributed by atoms with Crippen molar-refractivity contribution in [3.63, 3.8) is 0 Å². The van der Waals surface area contributed by atoms with Crippen LogP contribution in [0.5, 0.6) is 11.5 Å². The van der Waals surface area contributed by atoms with Gasteiger partial charge in [0.2, 0.25) is 0 Å². The number of para-hydroxylation sites is 1. The molecule has 1 aliphatic carbocycles. The lowest BCUT2D eigenvalue weighted by atomic mass is 9.93. The van der Waals surface area contributed by atoms with E-state index in [0.717, 1.165) is 44.6 Å². The number of hydrogen-bond acceptors (Lipinski definition) is 9. The van der Waals surface area contributed by atoms with Gasteiger partial charge >= 0.3 is 0 Å². The minimum atomic E-state index is -0.0373. The molecule has 0 bridgehead atoms. The largest absolute Gasteiger partial charge is 0.504 e. The van der Waals surface area contributed by atoms with Crippen LogP contribution in [0.4, 0.5) is 0 Å². The first-order valence-electron chi connectivity index (χ1n) is 14.7. The lowest BCUT2D eigenvalue weighted by Crippen LogP contribution is -2.39. The summed E-state index contributed by atoms with van der Waals surface area (Å²) in [6.45, 7) is 21.0. The molecule has 0 amide bonds.